The molecule has 1 aliphatic heterocycles. The number of hydrogen-bond donors (Lipinski definition) is 1. The molecule has 0 aliphatic carbocycles. The fraction of sp³-hybridized carbons (Fsp3) is 0.304. The van der Waals surface area contributed by atoms with Crippen molar-refractivity contribution in [2.45, 2.75) is 12.8 Å². The van der Waals surface area contributed by atoms with Gasteiger partial charge in [-0.2, -0.15) is 0 Å². The summed E-state index contributed by atoms with van der Waals surface area (Å²) in [6, 6.07) is 14.8. The van der Waals surface area contributed by atoms with E-state index in [0.29, 0.717) is 18.8 Å². The molecule has 0 bridgehead atoms. The lowest BCUT2D eigenvalue weighted by atomic mass is 9.89. The number of anilines is 1. The van der Waals surface area contributed by atoms with Gasteiger partial charge in [0.25, 0.3) is 0 Å². The first-order valence-electron chi connectivity index (χ1n) is 10.0. The van der Waals surface area contributed by atoms with E-state index in [2.05, 4.69) is 26.1 Å². The zero-order chi connectivity index (χ0) is 20.9. The number of likely N-dealkylation sites (tertiary alicyclic amines) is 1. The first-order chi connectivity index (χ1) is 14.6. The van der Waals surface area contributed by atoms with Crippen LogP contribution in [0.15, 0.2) is 63.7 Å². The summed E-state index contributed by atoms with van der Waals surface area (Å²) >= 11 is 3.40. The molecule has 0 radical (unpaired) electrons. The Hall–Kier alpha value is -2.64. The van der Waals surface area contributed by atoms with Gasteiger partial charge in [-0.25, -0.2) is 4.79 Å². The molecule has 156 valence electrons. The first-order valence-corrected chi connectivity index (χ1v) is 10.8. The summed E-state index contributed by atoms with van der Waals surface area (Å²) in [6.07, 6.45) is 2.79. The van der Waals surface area contributed by atoms with E-state index in [4.69, 9.17) is 9.15 Å². The van der Waals surface area contributed by atoms with E-state index >= 15 is 0 Å². The summed E-state index contributed by atoms with van der Waals surface area (Å²) in [7, 11) is 0. The molecule has 4 rings (SSSR count). The number of ether oxygens (including phenoxy) is 1. The number of benzene rings is 2. The Labute approximate surface area is 183 Å². The number of carbonyl (C=O) groups is 2. The summed E-state index contributed by atoms with van der Waals surface area (Å²) in [4.78, 5) is 26.9. The number of nitrogens with one attached hydrogen (secondary N) is 1. The Bertz CT molecular complexity index is 1020. The summed E-state index contributed by atoms with van der Waals surface area (Å²) in [5.74, 6) is 0.275. The molecule has 2 heterocycles. The third kappa shape index (κ3) is 5.09. The van der Waals surface area contributed by atoms with Crippen molar-refractivity contribution in [3.8, 4) is 0 Å². The van der Waals surface area contributed by atoms with Gasteiger partial charge in [0.05, 0.1) is 6.26 Å². The van der Waals surface area contributed by atoms with Crippen molar-refractivity contribution in [3.05, 3.63) is 64.8 Å². The molecule has 3 aromatic rings. The second kappa shape index (κ2) is 9.45. The number of carbonyl (C=O) groups excluding carboxylic acids is 2. The molecule has 1 aromatic heterocycles. The van der Waals surface area contributed by atoms with Gasteiger partial charge in [0.15, 0.2) is 5.78 Å². The van der Waals surface area contributed by atoms with E-state index < -0.39 is 6.09 Å². The minimum atomic E-state index is -0.474. The van der Waals surface area contributed by atoms with Gasteiger partial charge in [0, 0.05) is 33.6 Å². The van der Waals surface area contributed by atoms with Gasteiger partial charge in [-0.3, -0.25) is 15.0 Å². The van der Waals surface area contributed by atoms with Crippen LogP contribution in [0.1, 0.15) is 23.2 Å². The maximum atomic E-state index is 12.6. The number of hydrogen-bond acceptors (Lipinski definition) is 5. The van der Waals surface area contributed by atoms with Crippen LogP contribution in [-0.4, -0.2) is 43.0 Å². The predicted molar refractivity (Wildman–Crippen MR) is 119 cm³/mol. The molecule has 2 aromatic carbocycles. The van der Waals surface area contributed by atoms with Crippen molar-refractivity contribution in [2.75, 3.05) is 31.6 Å². The van der Waals surface area contributed by atoms with Crippen LogP contribution in [0.5, 0.6) is 0 Å². The number of rotatable bonds is 6. The minimum absolute atomic E-state index is 0.0597. The van der Waals surface area contributed by atoms with Gasteiger partial charge in [0.1, 0.15) is 12.2 Å². The maximum Gasteiger partial charge on any atom is 0.411 e. The van der Waals surface area contributed by atoms with Crippen LogP contribution in [0, 0.1) is 5.92 Å². The third-order valence-electron chi connectivity index (χ3n) is 5.43. The molecular formula is C23H23BrN2O4. The molecular weight excluding hydrogens is 448 g/mol. The second-order valence-corrected chi connectivity index (χ2v) is 8.34. The van der Waals surface area contributed by atoms with E-state index in [1.165, 1.54) is 0 Å². The number of Topliss-reactive ketones (excluding diaryl/α,β-unsaturated/α-hetero) is 1. The van der Waals surface area contributed by atoms with Gasteiger partial charge in [-0.1, -0.05) is 28.1 Å². The van der Waals surface area contributed by atoms with Crippen LogP contribution in [0.3, 0.4) is 0 Å². The Balaban J connectivity index is 1.18. The van der Waals surface area contributed by atoms with Gasteiger partial charge >= 0.3 is 6.09 Å². The second-order valence-electron chi connectivity index (χ2n) is 7.42. The van der Waals surface area contributed by atoms with Crippen LogP contribution >= 0.6 is 15.9 Å². The predicted octanol–water partition coefficient (Wildman–Crippen LogP) is 5.34. The highest BCUT2D eigenvalue weighted by atomic mass is 79.9. The standard InChI is InChI=1S/C23H23BrN2O4/c24-19-3-1-16(2-4-19)22(27)17-7-10-26(11-8-17)12-14-30-23(28)25-20-5-6-21-18(15-20)9-13-29-21/h1-6,9,13,15,17H,7-8,10-12,14H2,(H,25,28). The number of furan rings is 1. The lowest BCUT2D eigenvalue weighted by Crippen LogP contribution is -2.38. The van der Waals surface area contributed by atoms with Crippen molar-refractivity contribution in [2.24, 2.45) is 5.92 Å². The van der Waals surface area contributed by atoms with E-state index in [1.54, 1.807) is 12.3 Å². The Kier molecular flexibility index (Phi) is 6.50. The zero-order valence-corrected chi connectivity index (χ0v) is 18.1. The average molecular weight is 471 g/mol. The third-order valence-corrected chi connectivity index (χ3v) is 5.96. The zero-order valence-electron chi connectivity index (χ0n) is 16.5. The highest BCUT2D eigenvalue weighted by Crippen LogP contribution is 2.23. The topological polar surface area (TPSA) is 71.8 Å². The lowest BCUT2D eigenvalue weighted by Gasteiger charge is -2.31. The van der Waals surface area contributed by atoms with Crippen LogP contribution in [0.4, 0.5) is 10.5 Å². The largest absolute Gasteiger partial charge is 0.464 e. The van der Waals surface area contributed by atoms with Crippen LogP contribution < -0.4 is 5.32 Å². The number of amides is 1. The van der Waals surface area contributed by atoms with Crippen molar-refractivity contribution >= 4 is 44.5 Å². The van der Waals surface area contributed by atoms with Gasteiger partial charge < -0.3 is 9.15 Å². The number of halogens is 1. The summed E-state index contributed by atoms with van der Waals surface area (Å²) in [6.45, 7) is 2.63. The van der Waals surface area contributed by atoms with E-state index in [0.717, 1.165) is 46.9 Å². The summed E-state index contributed by atoms with van der Waals surface area (Å²) in [5, 5.41) is 3.66. The van der Waals surface area contributed by atoms with Crippen LogP contribution in [-0.2, 0) is 4.74 Å². The fourth-order valence-corrected chi connectivity index (χ4v) is 4.00. The first kappa shape index (κ1) is 20.6. The van der Waals surface area contributed by atoms with Crippen LogP contribution in [0.2, 0.25) is 0 Å². The molecule has 0 saturated carbocycles. The number of fused-ring (bicyclic) bond motifs is 1. The molecule has 1 fully saturated rings. The molecule has 7 heteroatoms. The van der Waals surface area contributed by atoms with Gasteiger partial charge in [-0.15, -0.1) is 0 Å². The molecule has 0 unspecified atom stereocenters. The molecule has 0 atom stereocenters. The average Bonchev–Trinajstić information content (AvgIpc) is 3.22. The smallest absolute Gasteiger partial charge is 0.411 e. The van der Waals surface area contributed by atoms with Crippen molar-refractivity contribution in [1.82, 2.24) is 4.90 Å². The SMILES string of the molecule is O=C(Nc1ccc2occc2c1)OCCN1CCC(C(=O)c2ccc(Br)cc2)CC1. The molecule has 1 N–H and O–H groups in total. The van der Waals surface area contributed by atoms with E-state index in [-0.39, 0.29) is 11.7 Å². The van der Waals surface area contributed by atoms with E-state index in [1.807, 2.05) is 42.5 Å². The normalized spacial score (nSPS) is 15.2. The molecule has 1 saturated heterocycles. The molecule has 1 aliphatic rings. The summed E-state index contributed by atoms with van der Waals surface area (Å²) < 4.78 is 11.6. The fourth-order valence-electron chi connectivity index (χ4n) is 3.73. The highest BCUT2D eigenvalue weighted by molar-refractivity contribution is 9.10. The van der Waals surface area contributed by atoms with Crippen molar-refractivity contribution < 1.29 is 18.7 Å². The quantitative estimate of drug-likeness (QED) is 0.492. The summed E-state index contributed by atoms with van der Waals surface area (Å²) in [5.41, 5.74) is 2.21. The monoisotopic (exact) mass is 470 g/mol. The number of piperidine rings is 1. The van der Waals surface area contributed by atoms with Crippen molar-refractivity contribution in [3.63, 3.8) is 0 Å². The Morgan fingerprint density at radius 2 is 1.87 bits per heavy atom. The maximum absolute atomic E-state index is 12.6. The molecule has 0 spiro atoms. The number of ketones is 1. The van der Waals surface area contributed by atoms with Crippen LogP contribution in [0.25, 0.3) is 11.0 Å². The Morgan fingerprint density at radius 3 is 2.63 bits per heavy atom. The van der Waals surface area contributed by atoms with Crippen molar-refractivity contribution in [1.29, 1.82) is 0 Å². The van der Waals surface area contributed by atoms with Gasteiger partial charge in [-0.05, 0) is 62.3 Å². The van der Waals surface area contributed by atoms with Gasteiger partial charge in [0.2, 0.25) is 0 Å². The highest BCUT2D eigenvalue weighted by Gasteiger charge is 2.25. The molecule has 30 heavy (non-hydrogen) atoms. The van der Waals surface area contributed by atoms with E-state index in [9.17, 15) is 9.59 Å². The number of nitrogens with zero attached hydrogens (tertiary/aromatic N) is 1. The molecule has 6 nitrogen and oxygen atoms in total. The molecule has 1 amide bonds. The Morgan fingerprint density at radius 1 is 1.10 bits per heavy atom. The minimum Gasteiger partial charge on any atom is -0.464 e. The lowest BCUT2D eigenvalue weighted by molar-refractivity contribution is 0.0813.